The van der Waals surface area contributed by atoms with Gasteiger partial charge in [-0.2, -0.15) is 0 Å². The number of hydroxylamine groups is 2. The molecule has 1 rings (SSSR count). The Morgan fingerprint density at radius 2 is 2.38 bits per heavy atom. The molecule has 0 aliphatic carbocycles. The molecule has 1 N–H and O–H groups in total. The molecule has 0 saturated carbocycles. The Bertz CT molecular complexity index is 238. The summed E-state index contributed by atoms with van der Waals surface area (Å²) in [6.45, 7) is 2.21. The molecule has 13 heavy (non-hydrogen) atoms. The molecule has 5 nitrogen and oxygen atoms in total. The second-order valence-electron chi connectivity index (χ2n) is 2.49. The second kappa shape index (κ2) is 4.18. The van der Waals surface area contributed by atoms with Crippen LogP contribution in [-0.4, -0.2) is 28.6 Å². The van der Waals surface area contributed by atoms with Crippen LogP contribution in [0.5, 0.6) is 0 Å². The minimum atomic E-state index is -0.653. The molecule has 0 aromatic heterocycles. The molecule has 1 saturated heterocycles. The topological polar surface area (TPSA) is 58.6 Å². The van der Waals surface area contributed by atoms with E-state index in [-0.39, 0.29) is 5.91 Å². The fraction of sp³-hybridized carbons (Fsp3) is 0.571. The second-order valence-corrected chi connectivity index (χ2v) is 2.96. The maximum atomic E-state index is 11.1. The minimum Gasteiger partial charge on any atom is -0.320 e. The zero-order valence-corrected chi connectivity index (χ0v) is 8.02. The van der Waals surface area contributed by atoms with E-state index in [2.05, 4.69) is 10.2 Å². The normalized spacial score (nSPS) is 16.2. The molecule has 0 bridgehead atoms. The smallest absolute Gasteiger partial charge is 0.320 e. The molecule has 0 spiro atoms. The van der Waals surface area contributed by atoms with Gasteiger partial charge < -0.3 is 10.2 Å². The molecule has 1 aliphatic rings. The van der Waals surface area contributed by atoms with Crippen LogP contribution in [-0.2, 0) is 9.63 Å². The molecule has 72 valence electrons. The third-order valence-electron chi connectivity index (χ3n) is 1.50. The van der Waals surface area contributed by atoms with Gasteiger partial charge in [-0.1, -0.05) is 12.2 Å². The first-order chi connectivity index (χ1) is 6.15. The Morgan fingerprint density at radius 1 is 1.69 bits per heavy atom. The van der Waals surface area contributed by atoms with Crippen LogP contribution in [0.4, 0.5) is 4.79 Å². The number of carbonyl (C=O) groups excluding carboxylic acids is 2. The summed E-state index contributed by atoms with van der Waals surface area (Å²) in [4.78, 5) is 27.0. The highest BCUT2D eigenvalue weighted by Gasteiger charge is 2.29. The van der Waals surface area contributed by atoms with Crippen molar-refractivity contribution in [2.45, 2.75) is 19.8 Å². The average molecular weight is 202 g/mol. The first-order valence-corrected chi connectivity index (χ1v) is 4.37. The van der Waals surface area contributed by atoms with Gasteiger partial charge in [0, 0.05) is 19.4 Å². The van der Waals surface area contributed by atoms with E-state index in [4.69, 9.17) is 12.2 Å². The van der Waals surface area contributed by atoms with Crippen molar-refractivity contribution < 1.29 is 14.4 Å². The van der Waals surface area contributed by atoms with Crippen molar-refractivity contribution in [3.05, 3.63) is 0 Å². The first kappa shape index (κ1) is 9.91. The molecule has 1 aliphatic heterocycles. The fourth-order valence-corrected chi connectivity index (χ4v) is 1.16. The van der Waals surface area contributed by atoms with Gasteiger partial charge in [0.25, 0.3) is 5.91 Å². The molecule has 0 aromatic carbocycles. The summed E-state index contributed by atoms with van der Waals surface area (Å²) in [5, 5.41) is 3.27. The minimum absolute atomic E-state index is 0.267. The van der Waals surface area contributed by atoms with Crippen molar-refractivity contribution in [2.75, 3.05) is 6.54 Å². The Morgan fingerprint density at radius 3 is 2.85 bits per heavy atom. The number of hydrogen-bond donors (Lipinski definition) is 1. The van der Waals surface area contributed by atoms with Crippen LogP contribution in [0.25, 0.3) is 0 Å². The van der Waals surface area contributed by atoms with Gasteiger partial charge in [0.1, 0.15) is 4.99 Å². The number of nitrogens with zero attached hydrogens (tertiary/aromatic N) is 1. The Kier molecular flexibility index (Phi) is 3.18. The molecule has 6 heteroatoms. The SMILES string of the molecule is CCNC(=O)ON1C(=O)CCC1=S. The first-order valence-electron chi connectivity index (χ1n) is 3.96. The van der Waals surface area contributed by atoms with Crippen LogP contribution in [0.2, 0.25) is 0 Å². The molecule has 2 amide bonds. The number of amides is 2. The van der Waals surface area contributed by atoms with Crippen LogP contribution >= 0.6 is 12.2 Å². The highest BCUT2D eigenvalue weighted by atomic mass is 32.1. The van der Waals surface area contributed by atoms with Crippen LogP contribution in [0.1, 0.15) is 19.8 Å². The van der Waals surface area contributed by atoms with E-state index in [0.29, 0.717) is 24.4 Å². The van der Waals surface area contributed by atoms with Crippen molar-refractivity contribution in [3.63, 3.8) is 0 Å². The predicted molar refractivity (Wildman–Crippen MR) is 48.8 cm³/mol. The van der Waals surface area contributed by atoms with Crippen molar-refractivity contribution in [2.24, 2.45) is 0 Å². The summed E-state index contributed by atoms with van der Waals surface area (Å²) in [5.74, 6) is -0.267. The number of thiocarbonyl (C=S) groups is 1. The molecule has 0 radical (unpaired) electrons. The lowest BCUT2D eigenvalue weighted by Crippen LogP contribution is -2.36. The predicted octanol–water partition coefficient (Wildman–Crippen LogP) is 0.597. The number of carbonyl (C=O) groups is 2. The summed E-state index contributed by atoms with van der Waals surface area (Å²) in [6.07, 6.45) is 0.145. The van der Waals surface area contributed by atoms with Gasteiger partial charge in [-0.25, -0.2) is 4.79 Å². The zero-order valence-electron chi connectivity index (χ0n) is 7.20. The highest BCUT2D eigenvalue weighted by molar-refractivity contribution is 7.80. The standard InChI is InChI=1S/C7H10N2O3S/c1-2-8-7(11)12-9-5(10)3-4-6(9)13/h2-4H2,1H3,(H,8,11). The number of hydrogen-bond acceptors (Lipinski definition) is 4. The van der Waals surface area contributed by atoms with E-state index in [1.165, 1.54) is 0 Å². The van der Waals surface area contributed by atoms with Crippen molar-refractivity contribution in [3.8, 4) is 0 Å². The van der Waals surface area contributed by atoms with Gasteiger partial charge in [0.15, 0.2) is 0 Å². The van der Waals surface area contributed by atoms with Crippen molar-refractivity contribution in [1.82, 2.24) is 10.4 Å². The third kappa shape index (κ3) is 2.38. The molecular weight excluding hydrogens is 192 g/mol. The lowest BCUT2D eigenvalue weighted by Gasteiger charge is -2.14. The maximum absolute atomic E-state index is 11.1. The van der Waals surface area contributed by atoms with Crippen LogP contribution < -0.4 is 5.32 Å². The van der Waals surface area contributed by atoms with Gasteiger partial charge in [-0.3, -0.25) is 4.79 Å². The summed E-state index contributed by atoms with van der Waals surface area (Å²) in [5.41, 5.74) is 0. The highest BCUT2D eigenvalue weighted by Crippen LogP contribution is 2.13. The quantitative estimate of drug-likeness (QED) is 0.666. The van der Waals surface area contributed by atoms with E-state index in [9.17, 15) is 9.59 Å². The third-order valence-corrected chi connectivity index (χ3v) is 1.87. The summed E-state index contributed by atoms with van der Waals surface area (Å²) < 4.78 is 0. The molecule has 0 atom stereocenters. The van der Waals surface area contributed by atoms with Gasteiger partial charge in [-0.15, -0.1) is 5.06 Å². The Balaban J connectivity index is 2.48. The summed E-state index contributed by atoms with van der Waals surface area (Å²) >= 11 is 4.82. The van der Waals surface area contributed by atoms with E-state index in [1.807, 2.05) is 0 Å². The molecule has 0 unspecified atom stereocenters. The van der Waals surface area contributed by atoms with E-state index in [0.717, 1.165) is 5.06 Å². The fourth-order valence-electron chi connectivity index (χ4n) is 0.917. The van der Waals surface area contributed by atoms with Gasteiger partial charge in [0.2, 0.25) is 0 Å². The summed E-state index contributed by atoms with van der Waals surface area (Å²) in [6, 6.07) is 0. The van der Waals surface area contributed by atoms with Crippen molar-refractivity contribution >= 4 is 29.2 Å². The van der Waals surface area contributed by atoms with Crippen molar-refractivity contribution in [1.29, 1.82) is 0 Å². The molecule has 1 fully saturated rings. The zero-order chi connectivity index (χ0) is 9.84. The lowest BCUT2D eigenvalue weighted by atomic mass is 10.4. The van der Waals surface area contributed by atoms with Crippen LogP contribution in [0.15, 0.2) is 0 Å². The van der Waals surface area contributed by atoms with E-state index < -0.39 is 6.09 Å². The molecular formula is C7H10N2O3S. The molecule has 1 heterocycles. The largest absolute Gasteiger partial charge is 0.432 e. The Labute approximate surface area is 81.0 Å². The van der Waals surface area contributed by atoms with Gasteiger partial charge in [-0.05, 0) is 6.92 Å². The molecule has 0 aromatic rings. The monoisotopic (exact) mass is 202 g/mol. The number of nitrogens with one attached hydrogen (secondary N) is 1. The maximum Gasteiger partial charge on any atom is 0.432 e. The summed E-state index contributed by atoms with van der Waals surface area (Å²) in [7, 11) is 0. The lowest BCUT2D eigenvalue weighted by molar-refractivity contribution is -0.146. The average Bonchev–Trinajstić information content (AvgIpc) is 2.36. The van der Waals surface area contributed by atoms with Crippen LogP contribution in [0.3, 0.4) is 0 Å². The van der Waals surface area contributed by atoms with Gasteiger partial charge in [0.05, 0.1) is 0 Å². The van der Waals surface area contributed by atoms with E-state index >= 15 is 0 Å². The van der Waals surface area contributed by atoms with Gasteiger partial charge >= 0.3 is 6.09 Å². The van der Waals surface area contributed by atoms with E-state index in [1.54, 1.807) is 6.92 Å². The Hall–Kier alpha value is -1.17. The van der Waals surface area contributed by atoms with Crippen LogP contribution in [0, 0.1) is 0 Å². The number of rotatable bonds is 2.